The molecule has 0 aromatic heterocycles. The number of rotatable bonds is 6. The minimum absolute atomic E-state index is 0.114. The van der Waals surface area contributed by atoms with Gasteiger partial charge in [0.25, 0.3) is 11.7 Å². The van der Waals surface area contributed by atoms with Crippen molar-refractivity contribution in [2.75, 3.05) is 34.3 Å². The molecule has 1 amide bonds. The molecule has 1 saturated heterocycles. The molecule has 1 aliphatic heterocycles. The van der Waals surface area contributed by atoms with Gasteiger partial charge in [0.05, 0.1) is 18.7 Å². The third kappa shape index (κ3) is 4.17. The van der Waals surface area contributed by atoms with E-state index in [1.807, 2.05) is 50.2 Å². The number of hydrogen-bond donors (Lipinski definition) is 1. The molecule has 1 N–H and O–H groups in total. The Hall–Kier alpha value is -3.12. The topological polar surface area (TPSA) is 70.1 Å². The number of amides is 1. The number of Topliss-reactive ketones (excluding diaryl/α,β-unsaturated/α-hetero) is 1. The Kier molecular flexibility index (Phi) is 6.03. The van der Waals surface area contributed by atoms with E-state index >= 15 is 0 Å². The average Bonchev–Trinajstić information content (AvgIpc) is 2.97. The van der Waals surface area contributed by atoms with E-state index in [1.165, 1.54) is 4.90 Å². The van der Waals surface area contributed by atoms with Gasteiger partial charge >= 0.3 is 0 Å². The first-order valence-corrected chi connectivity index (χ1v) is 9.47. The minimum Gasteiger partial charge on any atom is -0.507 e. The van der Waals surface area contributed by atoms with E-state index in [2.05, 4.69) is 0 Å². The lowest BCUT2D eigenvalue weighted by Gasteiger charge is -2.26. The summed E-state index contributed by atoms with van der Waals surface area (Å²) in [5.41, 5.74) is 2.42. The molecule has 3 rings (SSSR count). The smallest absolute Gasteiger partial charge is 0.295 e. The van der Waals surface area contributed by atoms with Crippen LogP contribution < -0.4 is 4.74 Å². The summed E-state index contributed by atoms with van der Waals surface area (Å²) in [5, 5.41) is 11.0. The van der Waals surface area contributed by atoms with Gasteiger partial charge in [-0.15, -0.1) is 0 Å². The molecular formula is C23H26N2O4. The van der Waals surface area contributed by atoms with Gasteiger partial charge in [-0.25, -0.2) is 0 Å². The largest absolute Gasteiger partial charge is 0.507 e. The highest BCUT2D eigenvalue weighted by Gasteiger charge is 2.45. The molecule has 0 spiro atoms. The number of likely N-dealkylation sites (tertiary alicyclic amines) is 1. The fraction of sp³-hybridized carbons (Fsp3) is 0.304. The number of carbonyl (C=O) groups is 2. The van der Waals surface area contributed by atoms with Crippen molar-refractivity contribution in [1.29, 1.82) is 0 Å². The minimum atomic E-state index is -0.664. The summed E-state index contributed by atoms with van der Waals surface area (Å²) in [6, 6.07) is 13.8. The second kappa shape index (κ2) is 8.49. The van der Waals surface area contributed by atoms with Crippen LogP contribution in [0.25, 0.3) is 5.76 Å². The normalized spacial score (nSPS) is 18.5. The predicted molar refractivity (Wildman–Crippen MR) is 112 cm³/mol. The fourth-order valence-corrected chi connectivity index (χ4v) is 3.42. The zero-order chi connectivity index (χ0) is 21.1. The Morgan fingerprint density at radius 3 is 2.24 bits per heavy atom. The van der Waals surface area contributed by atoms with Crippen LogP contribution in [0, 0.1) is 6.92 Å². The monoisotopic (exact) mass is 394 g/mol. The number of benzene rings is 2. The summed E-state index contributed by atoms with van der Waals surface area (Å²) < 4.78 is 5.22. The van der Waals surface area contributed by atoms with Crippen LogP contribution in [0.15, 0.2) is 54.1 Å². The number of nitrogens with zero attached hydrogens (tertiary/aromatic N) is 2. The summed E-state index contributed by atoms with van der Waals surface area (Å²) in [6.45, 7) is 2.92. The van der Waals surface area contributed by atoms with E-state index in [9.17, 15) is 14.7 Å². The second-order valence-corrected chi connectivity index (χ2v) is 7.43. The third-order valence-electron chi connectivity index (χ3n) is 5.08. The van der Waals surface area contributed by atoms with Crippen LogP contribution in [0.1, 0.15) is 22.7 Å². The van der Waals surface area contributed by atoms with Gasteiger partial charge in [0.15, 0.2) is 0 Å². The standard InChI is InChI=1S/C23H26N2O4/c1-15-5-7-17(8-6-15)21(26)19-20(16-9-11-18(29-4)12-10-16)25(14-13-24(2)3)23(28)22(19)27/h5-12,20,26H,13-14H2,1-4H3/t20-/m0/s1. The lowest BCUT2D eigenvalue weighted by Crippen LogP contribution is -2.35. The molecule has 0 bridgehead atoms. The van der Waals surface area contributed by atoms with Crippen molar-refractivity contribution in [1.82, 2.24) is 9.80 Å². The highest BCUT2D eigenvalue weighted by atomic mass is 16.5. The summed E-state index contributed by atoms with van der Waals surface area (Å²) in [5.74, 6) is -0.738. The Balaban J connectivity index is 2.12. The van der Waals surface area contributed by atoms with Crippen LogP contribution in [-0.4, -0.2) is 60.9 Å². The van der Waals surface area contributed by atoms with Gasteiger partial charge < -0.3 is 19.6 Å². The first-order valence-electron chi connectivity index (χ1n) is 9.47. The molecule has 0 radical (unpaired) electrons. The summed E-state index contributed by atoms with van der Waals surface area (Å²) in [6.07, 6.45) is 0. The van der Waals surface area contributed by atoms with Crippen LogP contribution in [0.4, 0.5) is 0 Å². The number of carbonyl (C=O) groups excluding carboxylic acids is 2. The van der Waals surface area contributed by atoms with Crippen molar-refractivity contribution >= 4 is 17.4 Å². The summed E-state index contributed by atoms with van der Waals surface area (Å²) in [4.78, 5) is 29.2. The summed E-state index contributed by atoms with van der Waals surface area (Å²) in [7, 11) is 5.39. The Morgan fingerprint density at radius 2 is 1.69 bits per heavy atom. The summed E-state index contributed by atoms with van der Waals surface area (Å²) >= 11 is 0. The van der Waals surface area contributed by atoms with Crippen LogP contribution >= 0.6 is 0 Å². The quantitative estimate of drug-likeness (QED) is 0.463. The van der Waals surface area contributed by atoms with Gasteiger partial charge in [0.1, 0.15) is 11.5 Å². The molecule has 2 aromatic rings. The van der Waals surface area contributed by atoms with Crippen LogP contribution in [0.5, 0.6) is 5.75 Å². The number of aliphatic hydroxyl groups excluding tert-OH is 1. The number of likely N-dealkylation sites (N-methyl/N-ethyl adjacent to an activating group) is 1. The molecule has 2 aromatic carbocycles. The molecule has 1 heterocycles. The number of ether oxygens (including phenoxy) is 1. The zero-order valence-corrected chi connectivity index (χ0v) is 17.2. The first kappa shape index (κ1) is 20.6. The molecule has 0 saturated carbocycles. The molecule has 0 aliphatic carbocycles. The molecule has 6 nitrogen and oxygen atoms in total. The van der Waals surface area contributed by atoms with Gasteiger partial charge in [-0.05, 0) is 38.7 Å². The predicted octanol–water partition coefficient (Wildman–Crippen LogP) is 2.99. The van der Waals surface area contributed by atoms with Crippen molar-refractivity contribution in [3.05, 3.63) is 70.8 Å². The number of ketones is 1. The van der Waals surface area contributed by atoms with Crippen molar-refractivity contribution in [3.63, 3.8) is 0 Å². The van der Waals surface area contributed by atoms with Crippen LogP contribution in [0.3, 0.4) is 0 Å². The van der Waals surface area contributed by atoms with Gasteiger partial charge in [-0.1, -0.05) is 42.0 Å². The van der Waals surface area contributed by atoms with E-state index in [0.717, 1.165) is 11.1 Å². The fourth-order valence-electron chi connectivity index (χ4n) is 3.42. The Bertz CT molecular complexity index is 930. The van der Waals surface area contributed by atoms with Crippen molar-refractivity contribution in [2.24, 2.45) is 0 Å². The lowest BCUT2D eigenvalue weighted by atomic mass is 9.95. The maximum absolute atomic E-state index is 12.9. The van der Waals surface area contributed by atoms with Crippen molar-refractivity contribution < 1.29 is 19.4 Å². The van der Waals surface area contributed by atoms with Gasteiger partial charge in [-0.2, -0.15) is 0 Å². The van der Waals surface area contributed by atoms with Crippen molar-refractivity contribution in [2.45, 2.75) is 13.0 Å². The van der Waals surface area contributed by atoms with Crippen LogP contribution in [0.2, 0.25) is 0 Å². The van der Waals surface area contributed by atoms with E-state index in [-0.39, 0.29) is 11.3 Å². The molecular weight excluding hydrogens is 368 g/mol. The molecule has 0 unspecified atom stereocenters. The maximum Gasteiger partial charge on any atom is 0.295 e. The second-order valence-electron chi connectivity index (χ2n) is 7.43. The maximum atomic E-state index is 12.9. The van der Waals surface area contributed by atoms with Gasteiger partial charge in [0, 0.05) is 18.7 Å². The lowest BCUT2D eigenvalue weighted by molar-refractivity contribution is -0.140. The first-order chi connectivity index (χ1) is 13.8. The number of methoxy groups -OCH3 is 1. The number of aliphatic hydroxyl groups is 1. The van der Waals surface area contributed by atoms with Gasteiger partial charge in [0.2, 0.25) is 0 Å². The average molecular weight is 394 g/mol. The highest BCUT2D eigenvalue weighted by Crippen LogP contribution is 2.39. The Labute approximate surface area is 171 Å². The Morgan fingerprint density at radius 1 is 1.07 bits per heavy atom. The van der Waals surface area contributed by atoms with Gasteiger partial charge in [-0.3, -0.25) is 9.59 Å². The zero-order valence-electron chi connectivity index (χ0n) is 17.2. The van der Waals surface area contributed by atoms with E-state index in [0.29, 0.717) is 24.4 Å². The third-order valence-corrected chi connectivity index (χ3v) is 5.08. The highest BCUT2D eigenvalue weighted by molar-refractivity contribution is 6.46. The molecule has 1 atom stereocenters. The SMILES string of the molecule is COc1ccc([C@H]2C(=C(O)c3ccc(C)cc3)C(=O)C(=O)N2CCN(C)C)cc1. The molecule has 152 valence electrons. The van der Waals surface area contributed by atoms with E-state index in [1.54, 1.807) is 31.4 Å². The number of hydrogen-bond acceptors (Lipinski definition) is 5. The molecule has 6 heteroatoms. The molecule has 1 aliphatic rings. The van der Waals surface area contributed by atoms with E-state index < -0.39 is 17.7 Å². The molecule has 29 heavy (non-hydrogen) atoms. The van der Waals surface area contributed by atoms with Crippen molar-refractivity contribution in [3.8, 4) is 5.75 Å². The van der Waals surface area contributed by atoms with Crippen LogP contribution in [-0.2, 0) is 9.59 Å². The van der Waals surface area contributed by atoms with E-state index in [4.69, 9.17) is 4.74 Å². The molecule has 1 fully saturated rings. The number of aryl methyl sites for hydroxylation is 1.